The van der Waals surface area contributed by atoms with Crippen LogP contribution in [0.4, 0.5) is 13.2 Å². The van der Waals surface area contributed by atoms with E-state index in [0.29, 0.717) is 4.90 Å². The Bertz CT molecular complexity index is 352. The van der Waals surface area contributed by atoms with Crippen molar-refractivity contribution in [3.63, 3.8) is 0 Å². The molecular weight excluding hydrogens is 237 g/mol. The third-order valence-electron chi connectivity index (χ3n) is 3.14. The summed E-state index contributed by atoms with van der Waals surface area (Å²) < 4.78 is 37.0. The summed E-state index contributed by atoms with van der Waals surface area (Å²) in [5, 5.41) is 2.50. The molecule has 0 aromatic carbocycles. The molecule has 1 saturated heterocycles. The summed E-state index contributed by atoms with van der Waals surface area (Å²) in [7, 11) is 0. The number of hydrogen-bond acceptors (Lipinski definition) is 2. The molecule has 96 valence electrons. The smallest absolute Gasteiger partial charge is 0.342 e. The van der Waals surface area contributed by atoms with Crippen molar-refractivity contribution < 1.29 is 22.8 Å². The zero-order valence-corrected chi connectivity index (χ0v) is 9.25. The quantitative estimate of drug-likeness (QED) is 0.783. The molecule has 2 unspecified atom stereocenters. The van der Waals surface area contributed by atoms with Gasteiger partial charge in [-0.3, -0.25) is 9.59 Å². The van der Waals surface area contributed by atoms with E-state index in [4.69, 9.17) is 0 Å². The number of carbonyl (C=O) groups is 2. The van der Waals surface area contributed by atoms with Crippen LogP contribution in [0.1, 0.15) is 19.8 Å². The Morgan fingerprint density at radius 3 is 2.41 bits per heavy atom. The highest BCUT2D eigenvalue weighted by Gasteiger charge is 2.48. The van der Waals surface area contributed by atoms with Gasteiger partial charge in [0, 0.05) is 0 Å². The van der Waals surface area contributed by atoms with Crippen molar-refractivity contribution in [2.45, 2.75) is 38.0 Å². The van der Waals surface area contributed by atoms with Gasteiger partial charge in [-0.1, -0.05) is 0 Å². The zero-order valence-electron chi connectivity index (χ0n) is 9.25. The first-order valence-corrected chi connectivity index (χ1v) is 5.47. The average molecular weight is 250 g/mol. The van der Waals surface area contributed by atoms with Crippen LogP contribution in [0.25, 0.3) is 0 Å². The molecule has 1 aliphatic carbocycles. The summed E-state index contributed by atoms with van der Waals surface area (Å²) in [5.74, 6) is -1.11. The molecular formula is C10H13F3N2O2. The van der Waals surface area contributed by atoms with Gasteiger partial charge in [-0.2, -0.15) is 13.2 Å². The molecule has 0 aromatic heterocycles. The highest BCUT2D eigenvalue weighted by atomic mass is 19.4. The number of alkyl halides is 3. The number of carbonyl (C=O) groups excluding carboxylic acids is 2. The van der Waals surface area contributed by atoms with Gasteiger partial charge in [0.15, 0.2) is 0 Å². The monoisotopic (exact) mass is 250 g/mol. The summed E-state index contributed by atoms with van der Waals surface area (Å²) in [5.41, 5.74) is 0. The molecule has 0 radical (unpaired) electrons. The minimum atomic E-state index is -4.48. The highest BCUT2D eigenvalue weighted by molar-refractivity contribution is 5.97. The van der Waals surface area contributed by atoms with Gasteiger partial charge in [0.2, 0.25) is 11.8 Å². The molecule has 17 heavy (non-hydrogen) atoms. The van der Waals surface area contributed by atoms with E-state index in [-0.39, 0.29) is 5.92 Å². The van der Waals surface area contributed by atoms with E-state index in [0.717, 1.165) is 12.8 Å². The van der Waals surface area contributed by atoms with Crippen molar-refractivity contribution in [3.8, 4) is 0 Å². The lowest BCUT2D eigenvalue weighted by Gasteiger charge is -2.37. The lowest BCUT2D eigenvalue weighted by molar-refractivity contribution is -0.173. The SMILES string of the molecule is CC1C(=O)NC(C2CC2)C(=O)N1CC(F)(F)F. The van der Waals surface area contributed by atoms with Crippen molar-refractivity contribution in [3.05, 3.63) is 0 Å². The lowest BCUT2D eigenvalue weighted by atomic mass is 10.0. The Morgan fingerprint density at radius 2 is 1.94 bits per heavy atom. The molecule has 2 atom stereocenters. The van der Waals surface area contributed by atoms with Crippen LogP contribution >= 0.6 is 0 Å². The fourth-order valence-electron chi connectivity index (χ4n) is 2.00. The predicted octanol–water partition coefficient (Wildman–Crippen LogP) is 0.674. The molecule has 2 rings (SSSR count). The Morgan fingerprint density at radius 1 is 1.35 bits per heavy atom. The maximum atomic E-state index is 12.3. The van der Waals surface area contributed by atoms with Gasteiger partial charge in [0.1, 0.15) is 18.6 Å². The molecule has 2 fully saturated rings. The summed E-state index contributed by atoms with van der Waals surface area (Å²) >= 11 is 0. The van der Waals surface area contributed by atoms with E-state index >= 15 is 0 Å². The molecule has 2 aliphatic rings. The number of rotatable bonds is 2. The standard InChI is InChI=1S/C10H13F3N2O2/c1-5-8(16)14-7(6-2-3-6)9(17)15(5)4-10(11,12)13/h5-7H,2-4H2,1H3,(H,14,16). The minimum Gasteiger partial charge on any atom is -0.342 e. The van der Waals surface area contributed by atoms with Crippen LogP contribution in [-0.2, 0) is 9.59 Å². The van der Waals surface area contributed by atoms with Gasteiger partial charge in [0.25, 0.3) is 0 Å². The van der Waals surface area contributed by atoms with Gasteiger partial charge in [0.05, 0.1) is 0 Å². The lowest BCUT2D eigenvalue weighted by Crippen LogP contribution is -2.64. The molecule has 0 spiro atoms. The van der Waals surface area contributed by atoms with Crippen molar-refractivity contribution in [1.29, 1.82) is 0 Å². The van der Waals surface area contributed by atoms with Crippen molar-refractivity contribution in [1.82, 2.24) is 10.2 Å². The fraction of sp³-hybridized carbons (Fsp3) is 0.800. The largest absolute Gasteiger partial charge is 0.406 e. The third-order valence-corrected chi connectivity index (χ3v) is 3.14. The number of nitrogens with one attached hydrogen (secondary N) is 1. The van der Waals surface area contributed by atoms with E-state index < -0.39 is 36.6 Å². The second-order valence-electron chi connectivity index (χ2n) is 4.58. The molecule has 0 bridgehead atoms. The number of piperazine rings is 1. The molecule has 1 heterocycles. The van der Waals surface area contributed by atoms with Crippen LogP contribution in [0.2, 0.25) is 0 Å². The number of halogens is 3. The Hall–Kier alpha value is -1.27. The van der Waals surface area contributed by atoms with E-state index in [1.54, 1.807) is 0 Å². The molecule has 1 aliphatic heterocycles. The first-order valence-electron chi connectivity index (χ1n) is 5.47. The second kappa shape index (κ2) is 3.89. The summed E-state index contributed by atoms with van der Waals surface area (Å²) in [6, 6.07) is -1.82. The van der Waals surface area contributed by atoms with Crippen LogP contribution in [0, 0.1) is 5.92 Å². The van der Waals surface area contributed by atoms with Crippen LogP contribution in [-0.4, -0.2) is 41.5 Å². The van der Waals surface area contributed by atoms with Crippen molar-refractivity contribution in [2.75, 3.05) is 6.54 Å². The van der Waals surface area contributed by atoms with Crippen molar-refractivity contribution >= 4 is 11.8 Å². The van der Waals surface area contributed by atoms with Crippen LogP contribution in [0.3, 0.4) is 0 Å². The number of amides is 2. The van der Waals surface area contributed by atoms with Crippen LogP contribution in [0.5, 0.6) is 0 Å². The van der Waals surface area contributed by atoms with Gasteiger partial charge in [-0.15, -0.1) is 0 Å². The molecule has 2 amide bonds. The van der Waals surface area contributed by atoms with E-state index in [1.807, 2.05) is 0 Å². The van der Waals surface area contributed by atoms with Gasteiger partial charge >= 0.3 is 6.18 Å². The Labute approximate surface area is 96.1 Å². The van der Waals surface area contributed by atoms with Crippen LogP contribution in [0.15, 0.2) is 0 Å². The normalized spacial score (nSPS) is 30.5. The van der Waals surface area contributed by atoms with Gasteiger partial charge in [-0.25, -0.2) is 0 Å². The number of hydrogen-bond donors (Lipinski definition) is 1. The van der Waals surface area contributed by atoms with Crippen LogP contribution < -0.4 is 5.32 Å². The molecule has 1 saturated carbocycles. The van der Waals surface area contributed by atoms with E-state index in [2.05, 4.69) is 5.32 Å². The minimum absolute atomic E-state index is 0.00897. The molecule has 0 aromatic rings. The summed E-state index contributed by atoms with van der Waals surface area (Å²) in [6.07, 6.45) is -2.91. The highest BCUT2D eigenvalue weighted by Crippen LogP contribution is 2.35. The first-order chi connectivity index (χ1) is 7.79. The maximum Gasteiger partial charge on any atom is 0.406 e. The zero-order chi connectivity index (χ0) is 12.8. The second-order valence-corrected chi connectivity index (χ2v) is 4.58. The average Bonchev–Trinajstić information content (AvgIpc) is 3.00. The van der Waals surface area contributed by atoms with Gasteiger partial charge in [-0.05, 0) is 25.7 Å². The molecule has 7 heteroatoms. The molecule has 1 N–H and O–H groups in total. The predicted molar refractivity (Wildman–Crippen MR) is 51.9 cm³/mol. The van der Waals surface area contributed by atoms with Gasteiger partial charge < -0.3 is 10.2 Å². The third kappa shape index (κ3) is 2.53. The Kier molecular flexibility index (Phi) is 2.79. The molecule has 4 nitrogen and oxygen atoms in total. The number of nitrogens with zero attached hydrogens (tertiary/aromatic N) is 1. The Balaban J connectivity index is 2.15. The fourth-order valence-corrected chi connectivity index (χ4v) is 2.00. The summed E-state index contributed by atoms with van der Waals surface area (Å²) in [6.45, 7) is -0.0499. The summed E-state index contributed by atoms with van der Waals surface area (Å²) in [4.78, 5) is 24.0. The van der Waals surface area contributed by atoms with Crippen molar-refractivity contribution in [2.24, 2.45) is 5.92 Å². The first kappa shape index (κ1) is 12.2. The van der Waals surface area contributed by atoms with E-state index in [9.17, 15) is 22.8 Å². The maximum absolute atomic E-state index is 12.3. The topological polar surface area (TPSA) is 49.4 Å². The van der Waals surface area contributed by atoms with E-state index in [1.165, 1.54) is 6.92 Å².